The van der Waals surface area contributed by atoms with E-state index in [-0.39, 0.29) is 67.5 Å². The number of alkyl halides is 6. The predicted molar refractivity (Wildman–Crippen MR) is 184 cm³/mol. The fourth-order valence-electron chi connectivity index (χ4n) is 5.73. The lowest BCUT2D eigenvalue weighted by Crippen LogP contribution is -2.51. The second-order valence-corrected chi connectivity index (χ2v) is 18.7. The smallest absolute Gasteiger partial charge is 0.404 e. The lowest BCUT2D eigenvalue weighted by atomic mass is 9.98. The number of fused-ring (bicyclic) bond motifs is 2. The van der Waals surface area contributed by atoms with Crippen molar-refractivity contribution >= 4 is 30.6 Å². The molecule has 0 amide bonds. The monoisotopic (exact) mass is 768 g/mol. The highest BCUT2D eigenvalue weighted by atomic mass is 28.4. The second-order valence-electron chi connectivity index (χ2n) is 14.3. The van der Waals surface area contributed by atoms with Crippen LogP contribution in [0.3, 0.4) is 0 Å². The molecule has 0 aliphatic carbocycles. The molecule has 0 fully saturated rings. The predicted octanol–water partition coefficient (Wildman–Crippen LogP) is 3.69. The molecular formula is C31H46F6N8O6Si. The molecule has 2 atom stereocenters. The SMILES string of the molecule is Cn1cnc2c1c(=O)n(CCCCC(C)(O)C(F)(F)F)c(=O)n2C.Cn1cnc2c1c(=O)n(CCCCC(C)(O[Si](C)(C)C)C(F)(F)F)c(=O)n2C. The van der Waals surface area contributed by atoms with Crippen molar-refractivity contribution in [3.63, 3.8) is 0 Å². The highest BCUT2D eigenvalue weighted by Gasteiger charge is 2.53. The van der Waals surface area contributed by atoms with Crippen molar-refractivity contribution in [1.82, 2.24) is 37.4 Å². The molecule has 292 valence electrons. The third-order valence-corrected chi connectivity index (χ3v) is 9.79. The molecule has 0 aromatic carbocycles. The van der Waals surface area contributed by atoms with Gasteiger partial charge in [0.2, 0.25) is 0 Å². The molecule has 4 aromatic rings. The van der Waals surface area contributed by atoms with Crippen molar-refractivity contribution in [3.8, 4) is 0 Å². The van der Waals surface area contributed by atoms with Crippen molar-refractivity contribution in [2.75, 3.05) is 0 Å². The Labute approximate surface area is 295 Å². The molecule has 0 aliphatic heterocycles. The topological polar surface area (TPSA) is 153 Å². The first-order valence-corrected chi connectivity index (χ1v) is 19.8. The molecule has 4 rings (SSSR count). The minimum atomic E-state index is -4.71. The van der Waals surface area contributed by atoms with Crippen LogP contribution in [0.1, 0.15) is 52.4 Å². The van der Waals surface area contributed by atoms with Crippen LogP contribution >= 0.6 is 0 Å². The maximum absolute atomic E-state index is 13.5. The number of aromatic nitrogens is 8. The highest BCUT2D eigenvalue weighted by Crippen LogP contribution is 2.39. The summed E-state index contributed by atoms with van der Waals surface area (Å²) < 4.78 is 91.3. The average Bonchev–Trinajstić information content (AvgIpc) is 3.59. The van der Waals surface area contributed by atoms with E-state index in [0.717, 1.165) is 16.1 Å². The van der Waals surface area contributed by atoms with Gasteiger partial charge in [-0.1, -0.05) is 0 Å². The van der Waals surface area contributed by atoms with Crippen molar-refractivity contribution in [2.24, 2.45) is 28.2 Å². The molecule has 14 nitrogen and oxygen atoms in total. The summed E-state index contributed by atoms with van der Waals surface area (Å²) in [6.07, 6.45) is -6.49. The number of nitrogens with zero attached hydrogens (tertiary/aromatic N) is 8. The maximum atomic E-state index is 13.5. The molecule has 0 aliphatic rings. The molecule has 0 saturated heterocycles. The Morgan fingerprint density at radius 2 is 1.06 bits per heavy atom. The number of rotatable bonds is 12. The summed E-state index contributed by atoms with van der Waals surface area (Å²) in [5.41, 5.74) is -6.09. The van der Waals surface area contributed by atoms with Crippen LogP contribution in [0.2, 0.25) is 19.6 Å². The number of unbranched alkanes of at least 4 members (excludes halogenated alkanes) is 2. The Bertz CT molecular complexity index is 2130. The van der Waals surface area contributed by atoms with Crippen LogP contribution in [-0.4, -0.2) is 74.3 Å². The summed E-state index contributed by atoms with van der Waals surface area (Å²) in [5.74, 6) is 0. The van der Waals surface area contributed by atoms with E-state index in [0.29, 0.717) is 6.92 Å². The minimum absolute atomic E-state index is 0.0194. The summed E-state index contributed by atoms with van der Waals surface area (Å²) in [5, 5.41) is 9.38. The zero-order chi connectivity index (χ0) is 39.8. The van der Waals surface area contributed by atoms with E-state index in [9.17, 15) is 50.6 Å². The van der Waals surface area contributed by atoms with E-state index >= 15 is 0 Å². The van der Waals surface area contributed by atoms with E-state index in [1.165, 1.54) is 45.0 Å². The molecule has 0 saturated carbocycles. The van der Waals surface area contributed by atoms with Crippen LogP contribution in [0.4, 0.5) is 26.3 Å². The van der Waals surface area contributed by atoms with Crippen LogP contribution in [-0.2, 0) is 45.7 Å². The number of aryl methyl sites for hydroxylation is 4. The van der Waals surface area contributed by atoms with Gasteiger partial charge in [-0.2, -0.15) is 26.3 Å². The Balaban J connectivity index is 0.000000284. The quantitative estimate of drug-likeness (QED) is 0.130. The standard InChI is InChI=1S/C17H27F3N4O3Si.C14H19F3N4O3/c1-16(17(18,19)20,27-28(4,5)6)9-7-8-10-24-14(25)12-13(21-11-22(12)2)23(3)15(24)26;1-13(24,14(15,16)17)6-4-5-7-21-11(22)9-10(18-8-19(9)2)20(3)12(21)23/h11H,7-10H2,1-6H3;8,24H,4-7H2,1-3H3. The van der Waals surface area contributed by atoms with Gasteiger partial charge in [0, 0.05) is 41.3 Å². The molecule has 0 spiro atoms. The highest BCUT2D eigenvalue weighted by molar-refractivity contribution is 6.69. The lowest BCUT2D eigenvalue weighted by molar-refractivity contribution is -0.255. The van der Waals surface area contributed by atoms with Crippen LogP contribution in [0, 0.1) is 0 Å². The van der Waals surface area contributed by atoms with E-state index in [1.807, 2.05) is 0 Å². The van der Waals surface area contributed by atoms with Gasteiger partial charge < -0.3 is 18.7 Å². The number of halogens is 6. The summed E-state index contributed by atoms with van der Waals surface area (Å²) in [7, 11) is 3.83. The molecule has 21 heteroatoms. The van der Waals surface area contributed by atoms with Crippen molar-refractivity contribution < 1.29 is 35.9 Å². The normalized spacial score (nSPS) is 15.1. The average molecular weight is 769 g/mol. The molecule has 0 bridgehead atoms. The minimum Gasteiger partial charge on any atom is -0.404 e. The molecule has 4 aromatic heterocycles. The molecule has 0 radical (unpaired) electrons. The fourth-order valence-corrected chi connectivity index (χ4v) is 7.30. The van der Waals surface area contributed by atoms with Gasteiger partial charge >= 0.3 is 23.7 Å². The first-order chi connectivity index (χ1) is 23.6. The van der Waals surface area contributed by atoms with Gasteiger partial charge in [-0.3, -0.25) is 27.9 Å². The van der Waals surface area contributed by atoms with Gasteiger partial charge in [-0.25, -0.2) is 19.6 Å². The largest absolute Gasteiger partial charge is 0.416 e. The Hall–Kier alpha value is -3.98. The Morgan fingerprint density at radius 1 is 0.673 bits per heavy atom. The first kappa shape index (κ1) is 42.4. The van der Waals surface area contributed by atoms with Gasteiger partial charge in [0.25, 0.3) is 11.1 Å². The van der Waals surface area contributed by atoms with Crippen molar-refractivity contribution in [3.05, 3.63) is 54.3 Å². The van der Waals surface area contributed by atoms with Crippen LogP contribution < -0.4 is 22.5 Å². The summed E-state index contributed by atoms with van der Waals surface area (Å²) >= 11 is 0. The maximum Gasteiger partial charge on any atom is 0.416 e. The van der Waals surface area contributed by atoms with E-state index < -0.39 is 60.8 Å². The zero-order valence-corrected chi connectivity index (χ0v) is 31.6. The second kappa shape index (κ2) is 15.2. The van der Waals surface area contributed by atoms with E-state index in [4.69, 9.17) is 4.43 Å². The Morgan fingerprint density at radius 3 is 1.40 bits per heavy atom. The molecule has 2 unspecified atom stereocenters. The molecule has 52 heavy (non-hydrogen) atoms. The van der Waals surface area contributed by atoms with Crippen LogP contribution in [0.25, 0.3) is 22.3 Å². The van der Waals surface area contributed by atoms with Gasteiger partial charge in [-0.05, 0) is 72.0 Å². The molecule has 4 heterocycles. The zero-order valence-electron chi connectivity index (χ0n) is 30.6. The summed E-state index contributed by atoms with van der Waals surface area (Å²) in [6, 6.07) is 0. The number of aliphatic hydroxyl groups is 1. The van der Waals surface area contributed by atoms with E-state index in [1.54, 1.807) is 33.7 Å². The first-order valence-electron chi connectivity index (χ1n) is 16.4. The van der Waals surface area contributed by atoms with Crippen LogP contribution in [0.15, 0.2) is 31.8 Å². The molecule has 1 N–H and O–H groups in total. The number of hydrogen-bond donors (Lipinski definition) is 1. The van der Waals surface area contributed by atoms with Gasteiger partial charge in [0.1, 0.15) is 5.60 Å². The summed E-state index contributed by atoms with van der Waals surface area (Å²) in [6.45, 7) is 6.92. The van der Waals surface area contributed by atoms with Crippen molar-refractivity contribution in [2.45, 2.75) is 109 Å². The van der Waals surface area contributed by atoms with Crippen molar-refractivity contribution in [1.29, 1.82) is 0 Å². The number of imidazole rings is 2. The third-order valence-electron chi connectivity index (χ3n) is 8.72. The Kier molecular flexibility index (Phi) is 12.4. The molecular weight excluding hydrogens is 722 g/mol. The van der Waals surface area contributed by atoms with Gasteiger partial charge in [-0.15, -0.1) is 0 Å². The van der Waals surface area contributed by atoms with Gasteiger partial charge in [0.15, 0.2) is 36.2 Å². The summed E-state index contributed by atoms with van der Waals surface area (Å²) in [4.78, 5) is 57.7. The van der Waals surface area contributed by atoms with Gasteiger partial charge in [0.05, 0.1) is 12.7 Å². The number of hydrogen-bond acceptors (Lipinski definition) is 8. The van der Waals surface area contributed by atoms with E-state index in [2.05, 4.69) is 9.97 Å². The lowest BCUT2D eigenvalue weighted by Gasteiger charge is -2.37. The fraction of sp³-hybridized carbons (Fsp3) is 0.677. The van der Waals surface area contributed by atoms with Crippen LogP contribution in [0.5, 0.6) is 0 Å². The third kappa shape index (κ3) is 8.96.